The van der Waals surface area contributed by atoms with Crippen LogP contribution >= 0.6 is 11.3 Å². The number of thiophene rings is 1. The first-order chi connectivity index (χ1) is 14.5. The number of carbonyl (C=O) groups is 2. The normalized spacial score (nSPS) is 19.8. The fourth-order valence-corrected chi connectivity index (χ4v) is 5.63. The molecule has 2 aliphatic rings. The highest BCUT2D eigenvalue weighted by Crippen LogP contribution is 2.49. The largest absolute Gasteiger partial charge is 0.368 e. The SMILES string of the molecule is Cc1ccccc1-c1cc2c(s1)[C@@H](C(N)=O)N1C[C@H]2N(OCc2ccccc2)C1=O. The number of nitrogens with two attached hydrogens (primary N) is 1. The maximum Gasteiger partial charge on any atom is 0.345 e. The van der Waals surface area contributed by atoms with Gasteiger partial charge in [-0.05, 0) is 35.2 Å². The van der Waals surface area contributed by atoms with E-state index in [1.165, 1.54) is 21.3 Å². The van der Waals surface area contributed by atoms with Gasteiger partial charge in [0, 0.05) is 9.75 Å². The van der Waals surface area contributed by atoms with Gasteiger partial charge in [-0.15, -0.1) is 11.3 Å². The van der Waals surface area contributed by atoms with E-state index in [0.717, 1.165) is 32.0 Å². The summed E-state index contributed by atoms with van der Waals surface area (Å²) in [4.78, 5) is 34.7. The third kappa shape index (κ3) is 2.98. The summed E-state index contributed by atoms with van der Waals surface area (Å²) in [6.07, 6.45) is 0. The average molecular weight is 420 g/mol. The number of hydroxylamine groups is 2. The molecular weight excluding hydrogens is 398 g/mol. The van der Waals surface area contributed by atoms with Gasteiger partial charge in [0.25, 0.3) is 0 Å². The first-order valence-corrected chi connectivity index (χ1v) is 10.6. The minimum atomic E-state index is -0.767. The lowest BCUT2D eigenvalue weighted by Crippen LogP contribution is -2.40. The molecule has 3 aromatic rings. The molecule has 3 heterocycles. The van der Waals surface area contributed by atoms with E-state index in [1.54, 1.807) is 0 Å². The van der Waals surface area contributed by atoms with Crippen molar-refractivity contribution >= 4 is 23.3 Å². The molecule has 1 fully saturated rings. The summed E-state index contributed by atoms with van der Waals surface area (Å²) in [5.74, 6) is -0.522. The lowest BCUT2D eigenvalue weighted by molar-refractivity contribution is -0.141. The Hall–Kier alpha value is -3.16. The molecule has 7 heteroatoms. The van der Waals surface area contributed by atoms with Crippen LogP contribution in [0.2, 0.25) is 0 Å². The van der Waals surface area contributed by atoms with Gasteiger partial charge in [-0.1, -0.05) is 54.6 Å². The first kappa shape index (κ1) is 18.8. The van der Waals surface area contributed by atoms with Gasteiger partial charge in [-0.3, -0.25) is 9.63 Å². The van der Waals surface area contributed by atoms with Gasteiger partial charge in [0.15, 0.2) is 0 Å². The Morgan fingerprint density at radius 3 is 2.63 bits per heavy atom. The summed E-state index contributed by atoms with van der Waals surface area (Å²) in [5.41, 5.74) is 9.92. The number of amides is 3. The zero-order valence-corrected chi connectivity index (χ0v) is 17.3. The van der Waals surface area contributed by atoms with Crippen LogP contribution in [0.3, 0.4) is 0 Å². The molecule has 0 aliphatic carbocycles. The average Bonchev–Trinajstić information content (AvgIpc) is 3.29. The number of hydrogen-bond acceptors (Lipinski definition) is 4. The Morgan fingerprint density at radius 1 is 1.17 bits per heavy atom. The topological polar surface area (TPSA) is 75.9 Å². The van der Waals surface area contributed by atoms with Crippen LogP contribution in [0.15, 0.2) is 60.7 Å². The molecule has 1 saturated heterocycles. The van der Waals surface area contributed by atoms with Gasteiger partial charge < -0.3 is 10.6 Å². The maximum atomic E-state index is 13.0. The maximum absolute atomic E-state index is 13.0. The lowest BCUT2D eigenvalue weighted by atomic mass is 9.97. The van der Waals surface area contributed by atoms with Crippen molar-refractivity contribution < 1.29 is 14.4 Å². The van der Waals surface area contributed by atoms with Gasteiger partial charge in [0.2, 0.25) is 5.91 Å². The van der Waals surface area contributed by atoms with Crippen LogP contribution in [0.25, 0.3) is 10.4 Å². The summed E-state index contributed by atoms with van der Waals surface area (Å²) >= 11 is 1.53. The van der Waals surface area contributed by atoms with Gasteiger partial charge >= 0.3 is 6.03 Å². The first-order valence-electron chi connectivity index (χ1n) is 9.80. The number of carbonyl (C=O) groups excluding carboxylic acids is 2. The zero-order valence-electron chi connectivity index (χ0n) is 16.4. The van der Waals surface area contributed by atoms with Crippen molar-refractivity contribution in [3.05, 3.63) is 82.2 Å². The number of primary amides is 1. The van der Waals surface area contributed by atoms with Crippen molar-refractivity contribution in [2.24, 2.45) is 5.73 Å². The Bertz CT molecular complexity index is 1130. The molecule has 2 aromatic carbocycles. The molecule has 2 bridgehead atoms. The van der Waals surface area contributed by atoms with Crippen molar-refractivity contribution in [1.82, 2.24) is 9.96 Å². The Labute approximate surface area is 178 Å². The molecule has 2 N–H and O–H groups in total. The van der Waals surface area contributed by atoms with Crippen LogP contribution in [0.5, 0.6) is 0 Å². The number of rotatable bonds is 5. The van der Waals surface area contributed by atoms with E-state index in [0.29, 0.717) is 6.54 Å². The fourth-order valence-electron chi connectivity index (χ4n) is 4.20. The second-order valence-corrected chi connectivity index (χ2v) is 8.67. The van der Waals surface area contributed by atoms with E-state index in [2.05, 4.69) is 25.1 Å². The fraction of sp³-hybridized carbons (Fsp3) is 0.217. The van der Waals surface area contributed by atoms with E-state index < -0.39 is 11.9 Å². The minimum absolute atomic E-state index is 0.263. The van der Waals surface area contributed by atoms with E-state index in [1.807, 2.05) is 42.5 Å². The van der Waals surface area contributed by atoms with Gasteiger partial charge in [-0.2, -0.15) is 5.06 Å². The third-order valence-corrected chi connectivity index (χ3v) is 6.93. The Morgan fingerprint density at radius 2 is 1.90 bits per heavy atom. The second kappa shape index (κ2) is 7.27. The van der Waals surface area contributed by atoms with Crippen molar-refractivity contribution in [2.45, 2.75) is 25.6 Å². The van der Waals surface area contributed by atoms with Crippen molar-refractivity contribution in [1.29, 1.82) is 0 Å². The molecule has 2 atom stereocenters. The lowest BCUT2D eigenvalue weighted by Gasteiger charge is -2.28. The molecule has 152 valence electrons. The van der Waals surface area contributed by atoms with Gasteiger partial charge in [-0.25, -0.2) is 4.79 Å². The van der Waals surface area contributed by atoms with Crippen LogP contribution in [0.4, 0.5) is 4.79 Å². The molecule has 0 saturated carbocycles. The van der Waals surface area contributed by atoms with E-state index in [4.69, 9.17) is 10.6 Å². The smallest absolute Gasteiger partial charge is 0.345 e. The molecule has 0 spiro atoms. The minimum Gasteiger partial charge on any atom is -0.368 e. The standard InChI is InChI=1S/C23H21N3O3S/c1-14-7-5-6-10-16(14)19-11-17-18-12-25(20(22(24)27)21(17)30-19)23(28)26(18)29-13-15-8-3-2-4-9-15/h2-11,18,20H,12-13H2,1H3,(H2,24,27)/t18-,20+/m1/s1. The summed E-state index contributed by atoms with van der Waals surface area (Å²) in [7, 11) is 0. The zero-order chi connectivity index (χ0) is 20.8. The predicted octanol–water partition coefficient (Wildman–Crippen LogP) is 4.17. The monoisotopic (exact) mass is 419 g/mol. The Balaban J connectivity index is 1.52. The molecule has 5 rings (SSSR count). The number of urea groups is 1. The summed E-state index contributed by atoms with van der Waals surface area (Å²) in [5, 5.41) is 1.41. The molecule has 30 heavy (non-hydrogen) atoms. The van der Waals surface area contributed by atoms with Crippen molar-refractivity contribution in [2.75, 3.05) is 6.54 Å². The van der Waals surface area contributed by atoms with E-state index in [9.17, 15) is 9.59 Å². The summed E-state index contributed by atoms with van der Waals surface area (Å²) < 4.78 is 0. The molecule has 3 amide bonds. The van der Waals surface area contributed by atoms with Crippen molar-refractivity contribution in [3.8, 4) is 10.4 Å². The Kier molecular flexibility index (Phi) is 4.56. The highest BCUT2D eigenvalue weighted by atomic mass is 32.1. The number of aryl methyl sites for hydroxylation is 1. The van der Waals surface area contributed by atoms with Crippen LogP contribution in [-0.4, -0.2) is 28.4 Å². The van der Waals surface area contributed by atoms with Crippen LogP contribution < -0.4 is 5.73 Å². The molecule has 0 radical (unpaired) electrons. The highest BCUT2D eigenvalue weighted by Gasteiger charge is 2.51. The number of nitrogens with zero attached hydrogens (tertiary/aromatic N) is 2. The van der Waals surface area contributed by atoms with Crippen LogP contribution in [0.1, 0.15) is 33.7 Å². The number of benzene rings is 2. The molecule has 6 nitrogen and oxygen atoms in total. The van der Waals surface area contributed by atoms with E-state index >= 15 is 0 Å². The quantitative estimate of drug-likeness (QED) is 0.674. The predicted molar refractivity (Wildman–Crippen MR) is 114 cm³/mol. The molecule has 0 unspecified atom stereocenters. The van der Waals surface area contributed by atoms with Gasteiger partial charge in [0.1, 0.15) is 18.7 Å². The second-order valence-electron chi connectivity index (χ2n) is 7.59. The van der Waals surface area contributed by atoms with Crippen LogP contribution in [0, 0.1) is 6.92 Å². The summed E-state index contributed by atoms with van der Waals surface area (Å²) in [6.45, 7) is 2.73. The molecule has 2 aliphatic heterocycles. The molecule has 1 aromatic heterocycles. The number of fused-ring (bicyclic) bond motifs is 4. The number of hydrogen-bond donors (Lipinski definition) is 1. The third-order valence-electron chi connectivity index (χ3n) is 5.69. The van der Waals surface area contributed by atoms with Crippen molar-refractivity contribution in [3.63, 3.8) is 0 Å². The van der Waals surface area contributed by atoms with Crippen LogP contribution in [-0.2, 0) is 16.2 Å². The van der Waals surface area contributed by atoms with E-state index in [-0.39, 0.29) is 18.7 Å². The summed E-state index contributed by atoms with van der Waals surface area (Å²) in [6, 6.07) is 18.6. The van der Waals surface area contributed by atoms with Gasteiger partial charge in [0.05, 0.1) is 6.54 Å². The molecular formula is C23H21N3O3S. The highest BCUT2D eigenvalue weighted by molar-refractivity contribution is 7.16.